The van der Waals surface area contributed by atoms with Crippen LogP contribution in [0.5, 0.6) is 0 Å². The lowest BCUT2D eigenvalue weighted by Gasteiger charge is -2.14. The van der Waals surface area contributed by atoms with Crippen molar-refractivity contribution in [3.05, 3.63) is 76.0 Å². The summed E-state index contributed by atoms with van der Waals surface area (Å²) in [5.41, 5.74) is 4.39. The van der Waals surface area contributed by atoms with E-state index in [0.29, 0.717) is 6.42 Å². The van der Waals surface area contributed by atoms with Crippen molar-refractivity contribution in [1.29, 1.82) is 0 Å². The van der Waals surface area contributed by atoms with Crippen molar-refractivity contribution in [3.63, 3.8) is 0 Å². The lowest BCUT2D eigenvalue weighted by Crippen LogP contribution is -2.14. The summed E-state index contributed by atoms with van der Waals surface area (Å²) in [5.74, 6) is -0.0745. The van der Waals surface area contributed by atoms with E-state index in [1.54, 1.807) is 6.20 Å². The number of aliphatic imine (C=N–C) groups is 1. The van der Waals surface area contributed by atoms with Crippen LogP contribution in [0.2, 0.25) is 0 Å². The van der Waals surface area contributed by atoms with E-state index >= 15 is 0 Å². The zero-order valence-electron chi connectivity index (χ0n) is 18.3. The van der Waals surface area contributed by atoms with Crippen molar-refractivity contribution < 1.29 is 19.1 Å². The smallest absolute Gasteiger partial charge is 0.309 e. The normalized spacial score (nSPS) is 14.5. The predicted octanol–water partition coefficient (Wildman–Crippen LogP) is 4.12. The minimum atomic E-state index is -0.425. The molecular formula is C24H23BrN4O4. The maximum absolute atomic E-state index is 12.0. The van der Waals surface area contributed by atoms with Gasteiger partial charge in [0.15, 0.2) is 0 Å². The molecule has 0 saturated heterocycles. The maximum Gasteiger partial charge on any atom is 0.309 e. The molecule has 0 fully saturated rings. The second kappa shape index (κ2) is 10.1. The van der Waals surface area contributed by atoms with Gasteiger partial charge in [-0.05, 0) is 37.3 Å². The molecule has 0 aliphatic carbocycles. The van der Waals surface area contributed by atoms with Crippen molar-refractivity contribution in [3.8, 4) is 5.69 Å². The molecule has 0 saturated carbocycles. The van der Waals surface area contributed by atoms with Gasteiger partial charge in [0.05, 0.1) is 30.1 Å². The van der Waals surface area contributed by atoms with E-state index in [1.807, 2.05) is 49.5 Å². The highest BCUT2D eigenvalue weighted by molar-refractivity contribution is 9.10. The number of carbonyl (C=O) groups is 2. The third kappa shape index (κ3) is 5.19. The summed E-state index contributed by atoms with van der Waals surface area (Å²) in [6.07, 6.45) is 4.02. The number of pyridine rings is 1. The van der Waals surface area contributed by atoms with E-state index < -0.39 is 11.9 Å². The number of fused-ring (bicyclic) bond motifs is 3. The molecule has 3 heterocycles. The quantitative estimate of drug-likeness (QED) is 0.443. The Morgan fingerprint density at radius 1 is 1.12 bits per heavy atom. The summed E-state index contributed by atoms with van der Waals surface area (Å²) in [4.78, 5) is 37.1. The van der Waals surface area contributed by atoms with E-state index in [-0.39, 0.29) is 25.7 Å². The zero-order chi connectivity index (χ0) is 23.4. The summed E-state index contributed by atoms with van der Waals surface area (Å²) in [5, 5.41) is 0. The van der Waals surface area contributed by atoms with Gasteiger partial charge in [-0.25, -0.2) is 4.98 Å². The first-order valence-electron chi connectivity index (χ1n) is 10.6. The zero-order valence-corrected chi connectivity index (χ0v) is 19.9. The van der Waals surface area contributed by atoms with Gasteiger partial charge in [-0.3, -0.25) is 24.1 Å². The second-order valence-electron chi connectivity index (χ2n) is 7.56. The molecule has 9 heteroatoms. The summed E-state index contributed by atoms with van der Waals surface area (Å²) < 4.78 is 13.2. The molecule has 3 aromatic rings. The summed E-state index contributed by atoms with van der Waals surface area (Å²) in [6.45, 7) is 3.47. The molecule has 0 unspecified atom stereocenters. The Labute approximate surface area is 199 Å². The number of hydrogen-bond donors (Lipinski definition) is 0. The molecule has 1 aromatic carbocycles. The van der Waals surface area contributed by atoms with Crippen LogP contribution in [-0.4, -0.2) is 45.4 Å². The van der Waals surface area contributed by atoms with Crippen LogP contribution < -0.4 is 0 Å². The molecule has 33 heavy (non-hydrogen) atoms. The molecule has 0 amide bonds. The Balaban J connectivity index is 1.64. The first-order chi connectivity index (χ1) is 15.9. The molecule has 1 atom stereocenters. The Kier molecular flexibility index (Phi) is 6.98. The van der Waals surface area contributed by atoms with Crippen molar-refractivity contribution in [2.75, 3.05) is 13.2 Å². The molecule has 4 rings (SSSR count). The van der Waals surface area contributed by atoms with Crippen LogP contribution >= 0.6 is 15.9 Å². The Bertz CT molecular complexity index is 1210. The van der Waals surface area contributed by atoms with Gasteiger partial charge in [0.2, 0.25) is 0 Å². The van der Waals surface area contributed by atoms with Gasteiger partial charge in [0.1, 0.15) is 18.5 Å². The molecular weight excluding hydrogens is 488 g/mol. The fourth-order valence-electron chi connectivity index (χ4n) is 3.72. The Morgan fingerprint density at radius 3 is 2.73 bits per heavy atom. The van der Waals surface area contributed by atoms with Crippen LogP contribution in [0.25, 0.3) is 5.69 Å². The van der Waals surface area contributed by atoms with E-state index in [4.69, 9.17) is 14.5 Å². The van der Waals surface area contributed by atoms with Crippen molar-refractivity contribution >= 4 is 33.6 Å². The largest absolute Gasteiger partial charge is 0.465 e. The Hall–Kier alpha value is -3.33. The van der Waals surface area contributed by atoms with Crippen LogP contribution in [0, 0.1) is 6.92 Å². The first-order valence-corrected chi connectivity index (χ1v) is 11.4. The molecule has 0 radical (unpaired) electrons. The number of carbonyl (C=O) groups excluding carboxylic acids is 2. The lowest BCUT2D eigenvalue weighted by atomic mass is 10.0. The topological polar surface area (TPSA) is 95.7 Å². The van der Waals surface area contributed by atoms with Gasteiger partial charge in [-0.1, -0.05) is 22.0 Å². The first kappa shape index (κ1) is 22.8. The van der Waals surface area contributed by atoms with Crippen molar-refractivity contribution in [2.45, 2.75) is 32.7 Å². The summed E-state index contributed by atoms with van der Waals surface area (Å²) in [6, 6.07) is 11.4. The fraction of sp³-hybridized carbons (Fsp3) is 0.292. The van der Waals surface area contributed by atoms with E-state index in [2.05, 4.69) is 30.5 Å². The fourth-order valence-corrected chi connectivity index (χ4v) is 4.08. The number of aryl methyl sites for hydroxylation is 1. The average molecular weight is 511 g/mol. The molecule has 1 aliphatic rings. The third-order valence-electron chi connectivity index (χ3n) is 5.18. The van der Waals surface area contributed by atoms with Crippen LogP contribution in [0.3, 0.4) is 0 Å². The van der Waals surface area contributed by atoms with Crippen LogP contribution in [0.15, 0.2) is 58.3 Å². The minimum Gasteiger partial charge on any atom is -0.465 e. The van der Waals surface area contributed by atoms with Gasteiger partial charge < -0.3 is 9.47 Å². The number of ether oxygens (including phenoxy) is 2. The number of esters is 2. The number of rotatable bonds is 7. The van der Waals surface area contributed by atoms with Crippen molar-refractivity contribution in [1.82, 2.24) is 14.5 Å². The highest BCUT2D eigenvalue weighted by atomic mass is 79.9. The molecule has 1 aliphatic heterocycles. The summed E-state index contributed by atoms with van der Waals surface area (Å²) in [7, 11) is 0. The highest BCUT2D eigenvalue weighted by Crippen LogP contribution is 2.34. The monoisotopic (exact) mass is 510 g/mol. The number of imidazole rings is 1. The van der Waals surface area contributed by atoms with Crippen LogP contribution in [0.4, 0.5) is 0 Å². The molecule has 170 valence electrons. The predicted molar refractivity (Wildman–Crippen MR) is 125 cm³/mol. The summed E-state index contributed by atoms with van der Waals surface area (Å²) >= 11 is 3.58. The maximum atomic E-state index is 12.0. The van der Waals surface area contributed by atoms with Crippen LogP contribution in [0.1, 0.15) is 48.6 Å². The van der Waals surface area contributed by atoms with E-state index in [0.717, 1.165) is 38.6 Å². The molecule has 0 spiro atoms. The SMILES string of the molecule is CC(=O)OCCC(=O)OCC[C@@H]1N=C(c2ccccn2)c2cc(Br)ccc2-n2c(C)cnc21. The standard InChI is InChI=1S/C24H23BrN4O4/c1-15-14-27-24-20(8-11-33-22(31)9-12-32-16(2)30)28-23(19-5-3-4-10-26-19)18-13-17(25)6-7-21(18)29(15)24/h3-7,10,13-14,20H,8-9,11-12H2,1-2H3/t20-/m0/s1. The number of halogens is 1. The number of hydrogen-bond acceptors (Lipinski definition) is 7. The minimum absolute atomic E-state index is 0.00730. The second-order valence-corrected chi connectivity index (χ2v) is 8.48. The van der Waals surface area contributed by atoms with Gasteiger partial charge >= 0.3 is 11.9 Å². The lowest BCUT2D eigenvalue weighted by molar-refractivity contribution is -0.148. The van der Waals surface area contributed by atoms with Gasteiger partial charge in [0.25, 0.3) is 0 Å². The number of aromatic nitrogens is 3. The number of benzene rings is 1. The van der Waals surface area contributed by atoms with E-state index in [9.17, 15) is 9.59 Å². The molecule has 0 N–H and O–H groups in total. The number of nitrogens with zero attached hydrogens (tertiary/aromatic N) is 4. The highest BCUT2D eigenvalue weighted by Gasteiger charge is 2.28. The molecule has 8 nitrogen and oxygen atoms in total. The van der Waals surface area contributed by atoms with Crippen LogP contribution in [-0.2, 0) is 19.1 Å². The molecule has 0 bridgehead atoms. The van der Waals surface area contributed by atoms with E-state index in [1.165, 1.54) is 6.92 Å². The Morgan fingerprint density at radius 2 is 1.97 bits per heavy atom. The third-order valence-corrected chi connectivity index (χ3v) is 5.67. The molecule has 2 aromatic heterocycles. The average Bonchev–Trinajstić information content (AvgIpc) is 3.11. The van der Waals surface area contributed by atoms with Gasteiger partial charge in [-0.2, -0.15) is 0 Å². The van der Waals surface area contributed by atoms with Gasteiger partial charge in [0, 0.05) is 41.5 Å². The van der Waals surface area contributed by atoms with Crippen molar-refractivity contribution in [2.24, 2.45) is 4.99 Å². The van der Waals surface area contributed by atoms with Gasteiger partial charge in [-0.15, -0.1) is 0 Å².